The zero-order valence-corrected chi connectivity index (χ0v) is 10.8. The Morgan fingerprint density at radius 2 is 1.05 bits per heavy atom. The number of hydrogen-bond donors (Lipinski definition) is 8. The lowest BCUT2D eigenvalue weighted by Crippen LogP contribution is -2.42. The Bertz CT molecular complexity index is 406. The van der Waals surface area contributed by atoms with E-state index in [-0.39, 0.29) is 12.3 Å². The van der Waals surface area contributed by atoms with Crippen LogP contribution in [0.4, 0.5) is 0 Å². The average Bonchev–Trinajstić information content (AvgIpc) is 1.95. The lowest BCUT2D eigenvalue weighted by molar-refractivity contribution is -0.170. The van der Waals surface area contributed by atoms with E-state index in [9.17, 15) is 14.4 Å². The molecule has 0 aromatic carbocycles. The number of rotatable bonds is 5. The Morgan fingerprint density at radius 1 is 0.850 bits per heavy atom. The Balaban J connectivity index is -0.000000158. The van der Waals surface area contributed by atoms with E-state index in [0.717, 1.165) is 0 Å². The first kappa shape index (κ1) is 26.7. The van der Waals surface area contributed by atoms with E-state index in [2.05, 4.69) is 0 Å². The highest BCUT2D eigenvalue weighted by atomic mass is 32.3. The predicted molar refractivity (Wildman–Crippen MR) is 61.3 cm³/mol. The van der Waals surface area contributed by atoms with Crippen molar-refractivity contribution in [2.24, 2.45) is 0 Å². The second-order valence-electron chi connectivity index (χ2n) is 2.93. The molecule has 0 atom stereocenters. The zero-order chi connectivity index (χ0) is 15.1. The molecular weight excluding hydrogens is 308 g/mol. The van der Waals surface area contributed by atoms with E-state index in [1.807, 2.05) is 0 Å². The van der Waals surface area contributed by atoms with Crippen LogP contribution in [-0.2, 0) is 24.8 Å². The van der Waals surface area contributed by atoms with Gasteiger partial charge < -0.3 is 32.7 Å². The van der Waals surface area contributed by atoms with Crippen LogP contribution < -0.4 is 12.3 Å². The van der Waals surface area contributed by atoms with Gasteiger partial charge in [0.2, 0.25) is 0 Å². The normalized spacial score (nSPS) is 9.95. The molecule has 0 aliphatic heterocycles. The summed E-state index contributed by atoms with van der Waals surface area (Å²) in [5.41, 5.74) is -2.74. The fourth-order valence-electron chi connectivity index (χ4n) is 0.714. The molecule has 0 aliphatic carbocycles. The van der Waals surface area contributed by atoms with Crippen LogP contribution in [0.2, 0.25) is 0 Å². The third-order valence-corrected chi connectivity index (χ3v) is 1.29. The van der Waals surface area contributed by atoms with Crippen molar-refractivity contribution in [1.29, 1.82) is 0 Å². The molecule has 0 heterocycles. The lowest BCUT2D eigenvalue weighted by atomic mass is 9.96. The molecule has 0 fully saturated rings. The molecule has 0 saturated carbocycles. The van der Waals surface area contributed by atoms with Crippen molar-refractivity contribution in [3.05, 3.63) is 0 Å². The summed E-state index contributed by atoms with van der Waals surface area (Å²) in [7, 11) is -4.67. The van der Waals surface area contributed by atoms with Gasteiger partial charge in [0, 0.05) is 0 Å². The number of aliphatic carboxylic acids is 3. The second kappa shape index (κ2) is 10.0. The molecule has 0 bridgehead atoms. The molecule has 0 spiro atoms. The largest absolute Gasteiger partial charge is 0.481 e. The molecule has 0 aliphatic rings. The number of hydrogen-bond acceptors (Lipinski definition) is 8. The summed E-state index contributed by atoms with van der Waals surface area (Å²) in [6, 6.07) is 0. The average molecular weight is 324 g/mol. The first-order chi connectivity index (χ1) is 7.78. The van der Waals surface area contributed by atoms with Gasteiger partial charge in [-0.15, -0.1) is 0 Å². The van der Waals surface area contributed by atoms with Crippen LogP contribution in [-0.4, -0.2) is 61.5 Å². The van der Waals surface area contributed by atoms with Crippen molar-refractivity contribution in [2.75, 3.05) is 0 Å². The molecular formula is C6H16N2O11S. The maximum atomic E-state index is 10.3. The molecule has 0 saturated heterocycles. The second-order valence-corrected chi connectivity index (χ2v) is 3.82. The summed E-state index contributed by atoms with van der Waals surface area (Å²) in [4.78, 5) is 30.5. The Labute approximate surface area is 112 Å². The van der Waals surface area contributed by atoms with E-state index in [0.29, 0.717) is 0 Å². The Kier molecular flexibility index (Phi) is 13.3. The predicted octanol–water partition coefficient (Wildman–Crippen LogP) is -1.58. The quantitative estimate of drug-likeness (QED) is 0.265. The molecule has 14 heteroatoms. The smallest absolute Gasteiger partial charge is 0.394 e. The van der Waals surface area contributed by atoms with Gasteiger partial charge in [-0.1, -0.05) is 0 Å². The van der Waals surface area contributed by atoms with Gasteiger partial charge in [0.1, 0.15) is 0 Å². The van der Waals surface area contributed by atoms with Crippen molar-refractivity contribution >= 4 is 28.3 Å². The van der Waals surface area contributed by atoms with Crippen molar-refractivity contribution < 1.29 is 52.3 Å². The van der Waals surface area contributed by atoms with E-state index in [1.54, 1.807) is 0 Å². The molecule has 0 aromatic rings. The van der Waals surface area contributed by atoms with Crippen LogP contribution in [0, 0.1) is 0 Å². The molecule has 13 nitrogen and oxygen atoms in total. The summed E-state index contributed by atoms with van der Waals surface area (Å²) in [6.07, 6.45) is -2.29. The van der Waals surface area contributed by atoms with Crippen molar-refractivity contribution in [3.63, 3.8) is 0 Å². The fourth-order valence-corrected chi connectivity index (χ4v) is 0.714. The highest BCUT2D eigenvalue weighted by Crippen LogP contribution is 2.15. The summed E-state index contributed by atoms with van der Waals surface area (Å²) in [6.45, 7) is 0. The van der Waals surface area contributed by atoms with E-state index < -0.39 is 46.7 Å². The molecule has 12 N–H and O–H groups in total. The van der Waals surface area contributed by atoms with Crippen LogP contribution in [0.5, 0.6) is 0 Å². The van der Waals surface area contributed by atoms with Crippen molar-refractivity contribution in [2.45, 2.75) is 18.4 Å². The highest BCUT2D eigenvalue weighted by Gasteiger charge is 2.40. The van der Waals surface area contributed by atoms with Crippen LogP contribution in [0.25, 0.3) is 0 Å². The third-order valence-electron chi connectivity index (χ3n) is 1.29. The monoisotopic (exact) mass is 324 g/mol. The maximum Gasteiger partial charge on any atom is 0.394 e. The summed E-state index contributed by atoms with van der Waals surface area (Å²) >= 11 is 0. The fraction of sp³-hybridized carbons (Fsp3) is 0.500. The molecule has 0 unspecified atom stereocenters. The molecule has 0 radical (unpaired) electrons. The molecule has 0 amide bonds. The molecule has 20 heavy (non-hydrogen) atoms. The Morgan fingerprint density at radius 3 is 1.15 bits per heavy atom. The standard InChI is InChI=1S/C6H8O7.2H3N.H2O4S/c7-3(8)1-6(13,5(11)12)2-4(9)10;;;1-5(2,3)4/h13H,1-2H2,(H,7,8)(H,9,10)(H,11,12);2*1H3;(H2,1,2,3,4). The van der Waals surface area contributed by atoms with Gasteiger partial charge in [-0.2, -0.15) is 8.42 Å². The van der Waals surface area contributed by atoms with Gasteiger partial charge in [-0.3, -0.25) is 18.7 Å². The maximum absolute atomic E-state index is 10.3. The first-order valence-corrected chi connectivity index (χ1v) is 5.27. The van der Waals surface area contributed by atoms with Gasteiger partial charge in [0.25, 0.3) is 0 Å². The number of aliphatic hydroxyl groups is 1. The van der Waals surface area contributed by atoms with Crippen LogP contribution in [0.1, 0.15) is 12.8 Å². The van der Waals surface area contributed by atoms with Crippen LogP contribution in [0.15, 0.2) is 0 Å². The number of carboxylic acids is 3. The zero-order valence-electron chi connectivity index (χ0n) is 9.96. The SMILES string of the molecule is N.N.O=C(O)CC(O)(CC(=O)O)C(=O)O.O=S(=O)(O)O. The first-order valence-electron chi connectivity index (χ1n) is 3.87. The van der Waals surface area contributed by atoms with Crippen molar-refractivity contribution in [1.82, 2.24) is 12.3 Å². The Hall–Kier alpha value is -1.84. The summed E-state index contributed by atoms with van der Waals surface area (Å²) < 4.78 is 31.6. The van der Waals surface area contributed by atoms with E-state index in [1.165, 1.54) is 0 Å². The molecule has 0 rings (SSSR count). The van der Waals surface area contributed by atoms with E-state index >= 15 is 0 Å². The van der Waals surface area contributed by atoms with Gasteiger partial charge in [-0.05, 0) is 0 Å². The minimum atomic E-state index is -4.67. The van der Waals surface area contributed by atoms with Crippen LogP contribution >= 0.6 is 0 Å². The minimum Gasteiger partial charge on any atom is -0.481 e. The highest BCUT2D eigenvalue weighted by molar-refractivity contribution is 7.79. The molecule has 0 aromatic heterocycles. The topological polar surface area (TPSA) is 277 Å². The van der Waals surface area contributed by atoms with Crippen LogP contribution in [0.3, 0.4) is 0 Å². The van der Waals surface area contributed by atoms with Gasteiger partial charge in [0.05, 0.1) is 12.8 Å². The van der Waals surface area contributed by atoms with Gasteiger partial charge in [0.15, 0.2) is 5.60 Å². The van der Waals surface area contributed by atoms with E-state index in [4.69, 9.17) is 37.9 Å². The van der Waals surface area contributed by atoms with Crippen molar-refractivity contribution in [3.8, 4) is 0 Å². The lowest BCUT2D eigenvalue weighted by Gasteiger charge is -2.18. The van der Waals surface area contributed by atoms with Gasteiger partial charge >= 0.3 is 28.3 Å². The van der Waals surface area contributed by atoms with Gasteiger partial charge in [-0.25, -0.2) is 4.79 Å². The molecule has 122 valence electrons. The number of carboxylic acid groups (broad SMARTS) is 3. The minimum absolute atomic E-state index is 0. The number of carbonyl (C=O) groups is 3. The summed E-state index contributed by atoms with van der Waals surface area (Å²) in [5, 5.41) is 33.8. The third kappa shape index (κ3) is 18.5. The summed E-state index contributed by atoms with van der Waals surface area (Å²) in [5.74, 6) is -5.02.